The number of fused-ring (bicyclic) bond motifs is 3. The minimum absolute atomic E-state index is 0.384. The lowest BCUT2D eigenvalue weighted by atomic mass is 9.85. The molecular weight excluding hydrogens is 212 g/mol. The summed E-state index contributed by atoms with van der Waals surface area (Å²) in [5.41, 5.74) is 8.41. The first kappa shape index (κ1) is 10.9. The summed E-state index contributed by atoms with van der Waals surface area (Å²) in [5, 5.41) is 9.54. The molecule has 2 atom stereocenters. The second-order valence-electron chi connectivity index (χ2n) is 5.34. The molecule has 3 heteroatoms. The average Bonchev–Trinajstić information content (AvgIpc) is 2.37. The van der Waals surface area contributed by atoms with Crippen LogP contribution in [0.25, 0.3) is 0 Å². The number of hydrogen-bond acceptors (Lipinski definition) is 3. The fraction of sp³-hybridized carbons (Fsp3) is 0.571. The molecule has 2 unspecified atom stereocenters. The van der Waals surface area contributed by atoms with Crippen LogP contribution in [-0.4, -0.2) is 24.2 Å². The first-order valence-electron chi connectivity index (χ1n) is 6.56. The normalized spacial score (nSPS) is 27.5. The van der Waals surface area contributed by atoms with Crippen molar-refractivity contribution in [3.05, 3.63) is 23.8 Å². The van der Waals surface area contributed by atoms with Crippen LogP contribution in [0, 0.1) is 5.92 Å². The Hall–Kier alpha value is -1.22. The molecule has 1 saturated heterocycles. The molecule has 2 heterocycles. The molecule has 0 aliphatic carbocycles. The van der Waals surface area contributed by atoms with E-state index < -0.39 is 0 Å². The van der Waals surface area contributed by atoms with Gasteiger partial charge in [0.2, 0.25) is 0 Å². The third-order valence-electron chi connectivity index (χ3n) is 4.26. The van der Waals surface area contributed by atoms with E-state index in [-0.39, 0.29) is 0 Å². The lowest BCUT2D eigenvalue weighted by Gasteiger charge is -2.45. The van der Waals surface area contributed by atoms with Gasteiger partial charge in [0.25, 0.3) is 0 Å². The highest BCUT2D eigenvalue weighted by molar-refractivity contribution is 5.59. The van der Waals surface area contributed by atoms with Gasteiger partial charge < -0.3 is 15.7 Å². The number of nitrogens with two attached hydrogens (primary N) is 1. The topological polar surface area (TPSA) is 49.5 Å². The van der Waals surface area contributed by atoms with E-state index in [4.69, 9.17) is 5.73 Å². The molecule has 92 valence electrons. The third-order valence-corrected chi connectivity index (χ3v) is 4.26. The highest BCUT2D eigenvalue weighted by Gasteiger charge is 2.31. The molecule has 1 aromatic rings. The number of hydrogen-bond donors (Lipinski definition) is 2. The van der Waals surface area contributed by atoms with Crippen molar-refractivity contribution in [2.75, 3.05) is 18.0 Å². The number of benzene rings is 1. The van der Waals surface area contributed by atoms with Crippen molar-refractivity contribution < 1.29 is 5.11 Å². The fourth-order valence-corrected chi connectivity index (χ4v) is 3.26. The molecule has 1 fully saturated rings. The lowest BCUT2D eigenvalue weighted by molar-refractivity contribution is 0.341. The van der Waals surface area contributed by atoms with Crippen molar-refractivity contribution in [3.8, 4) is 5.75 Å². The zero-order valence-corrected chi connectivity index (χ0v) is 10.1. The van der Waals surface area contributed by atoms with Gasteiger partial charge in [-0.15, -0.1) is 0 Å². The molecule has 1 aromatic carbocycles. The van der Waals surface area contributed by atoms with Crippen LogP contribution in [0.2, 0.25) is 0 Å². The van der Waals surface area contributed by atoms with Crippen molar-refractivity contribution in [1.29, 1.82) is 0 Å². The van der Waals surface area contributed by atoms with Crippen LogP contribution in [0.4, 0.5) is 5.69 Å². The Bertz CT molecular complexity index is 419. The van der Waals surface area contributed by atoms with Gasteiger partial charge in [0.15, 0.2) is 0 Å². The fourth-order valence-electron chi connectivity index (χ4n) is 3.26. The zero-order chi connectivity index (χ0) is 11.8. The Kier molecular flexibility index (Phi) is 2.71. The largest absolute Gasteiger partial charge is 0.508 e. The molecule has 3 N–H and O–H groups in total. The number of aryl methyl sites for hydroxylation is 1. The van der Waals surface area contributed by atoms with E-state index in [1.807, 2.05) is 6.07 Å². The molecule has 2 aliphatic heterocycles. The standard InChI is InChI=1S/C14H20N2O/c15-8-10-1-3-12-4-2-11-7-13(17)5-6-14(11)16(12)9-10/h5-7,10,12,17H,1-4,8-9,15H2. The maximum absolute atomic E-state index is 9.54. The molecule has 2 aliphatic rings. The molecule has 0 spiro atoms. The van der Waals surface area contributed by atoms with Gasteiger partial charge >= 0.3 is 0 Å². The number of piperidine rings is 1. The molecule has 0 aromatic heterocycles. The summed E-state index contributed by atoms with van der Waals surface area (Å²) in [4.78, 5) is 2.51. The molecule has 0 radical (unpaired) electrons. The van der Waals surface area contributed by atoms with Crippen LogP contribution in [0.1, 0.15) is 24.8 Å². The quantitative estimate of drug-likeness (QED) is 0.777. The molecule has 0 amide bonds. The van der Waals surface area contributed by atoms with Crippen LogP contribution in [0.5, 0.6) is 5.75 Å². The van der Waals surface area contributed by atoms with E-state index >= 15 is 0 Å². The SMILES string of the molecule is NCC1CCC2CCc3cc(O)ccc3N2C1. The van der Waals surface area contributed by atoms with Gasteiger partial charge in [-0.25, -0.2) is 0 Å². The van der Waals surface area contributed by atoms with Gasteiger partial charge in [-0.1, -0.05) is 0 Å². The van der Waals surface area contributed by atoms with E-state index in [2.05, 4.69) is 11.0 Å². The lowest BCUT2D eigenvalue weighted by Crippen LogP contribution is -2.47. The highest BCUT2D eigenvalue weighted by atomic mass is 16.3. The van der Waals surface area contributed by atoms with Crippen LogP contribution in [-0.2, 0) is 6.42 Å². The number of aromatic hydroxyl groups is 1. The minimum atomic E-state index is 0.384. The number of phenolic OH excluding ortho intramolecular Hbond substituents is 1. The van der Waals surface area contributed by atoms with Crippen molar-refractivity contribution >= 4 is 5.69 Å². The van der Waals surface area contributed by atoms with Gasteiger partial charge in [-0.05, 0) is 61.9 Å². The first-order valence-corrected chi connectivity index (χ1v) is 6.56. The van der Waals surface area contributed by atoms with Gasteiger partial charge in [0, 0.05) is 18.3 Å². The molecule has 3 rings (SSSR count). The van der Waals surface area contributed by atoms with E-state index in [9.17, 15) is 5.11 Å². The van der Waals surface area contributed by atoms with Gasteiger partial charge in [0.1, 0.15) is 5.75 Å². The maximum atomic E-state index is 9.54. The Morgan fingerprint density at radius 1 is 1.29 bits per heavy atom. The van der Waals surface area contributed by atoms with Gasteiger partial charge in [-0.2, -0.15) is 0 Å². The smallest absolute Gasteiger partial charge is 0.116 e. The van der Waals surface area contributed by atoms with Crippen molar-refractivity contribution in [3.63, 3.8) is 0 Å². The highest BCUT2D eigenvalue weighted by Crippen LogP contribution is 2.37. The average molecular weight is 232 g/mol. The van der Waals surface area contributed by atoms with Gasteiger partial charge in [0.05, 0.1) is 0 Å². The van der Waals surface area contributed by atoms with Crippen molar-refractivity contribution in [2.45, 2.75) is 31.7 Å². The first-order chi connectivity index (χ1) is 8.28. The van der Waals surface area contributed by atoms with Crippen LogP contribution in [0.3, 0.4) is 0 Å². The van der Waals surface area contributed by atoms with E-state index in [1.54, 1.807) is 6.07 Å². The summed E-state index contributed by atoms with van der Waals surface area (Å²) >= 11 is 0. The van der Waals surface area contributed by atoms with Crippen molar-refractivity contribution in [2.24, 2.45) is 11.7 Å². The number of anilines is 1. The van der Waals surface area contributed by atoms with Crippen LogP contribution in [0.15, 0.2) is 18.2 Å². The summed E-state index contributed by atoms with van der Waals surface area (Å²) in [6.07, 6.45) is 4.85. The van der Waals surface area contributed by atoms with E-state index in [0.717, 1.165) is 19.5 Å². The zero-order valence-electron chi connectivity index (χ0n) is 10.1. The summed E-state index contributed by atoms with van der Waals surface area (Å²) in [5.74, 6) is 1.01. The third kappa shape index (κ3) is 1.89. The number of phenols is 1. The Morgan fingerprint density at radius 2 is 2.18 bits per heavy atom. The van der Waals surface area contributed by atoms with Crippen LogP contribution < -0.4 is 10.6 Å². The van der Waals surface area contributed by atoms with Crippen molar-refractivity contribution in [1.82, 2.24) is 0 Å². The summed E-state index contributed by atoms with van der Waals surface area (Å²) in [7, 11) is 0. The second-order valence-corrected chi connectivity index (χ2v) is 5.34. The predicted octanol–water partition coefficient (Wildman–Crippen LogP) is 1.88. The maximum Gasteiger partial charge on any atom is 0.116 e. The van der Waals surface area contributed by atoms with E-state index in [0.29, 0.717) is 17.7 Å². The Balaban J connectivity index is 1.92. The number of nitrogens with zero attached hydrogens (tertiary/aromatic N) is 1. The van der Waals surface area contributed by atoms with Gasteiger partial charge in [-0.3, -0.25) is 0 Å². The molecule has 3 nitrogen and oxygen atoms in total. The second kappa shape index (κ2) is 4.22. The monoisotopic (exact) mass is 232 g/mol. The molecular formula is C14H20N2O. The molecule has 0 bridgehead atoms. The Labute approximate surface area is 102 Å². The predicted molar refractivity (Wildman–Crippen MR) is 69.3 cm³/mol. The summed E-state index contributed by atoms with van der Waals surface area (Å²) in [6, 6.07) is 6.47. The summed E-state index contributed by atoms with van der Waals surface area (Å²) in [6.45, 7) is 1.87. The Morgan fingerprint density at radius 3 is 3.00 bits per heavy atom. The summed E-state index contributed by atoms with van der Waals surface area (Å²) < 4.78 is 0. The van der Waals surface area contributed by atoms with E-state index in [1.165, 1.54) is 30.5 Å². The number of rotatable bonds is 1. The minimum Gasteiger partial charge on any atom is -0.508 e. The molecule has 0 saturated carbocycles. The molecule has 17 heavy (non-hydrogen) atoms. The van der Waals surface area contributed by atoms with Crippen LogP contribution >= 0.6 is 0 Å².